The number of hydrogen-bond donors (Lipinski definition) is 0. The van der Waals surface area contributed by atoms with Gasteiger partial charge in [0, 0.05) is 17.3 Å². The molecule has 1 saturated heterocycles. The Labute approximate surface area is 184 Å². The van der Waals surface area contributed by atoms with Crippen molar-refractivity contribution in [1.29, 1.82) is 0 Å². The molecule has 5 rings (SSSR count). The van der Waals surface area contributed by atoms with Crippen LogP contribution in [0.15, 0.2) is 65.5 Å². The van der Waals surface area contributed by atoms with E-state index < -0.39 is 0 Å². The summed E-state index contributed by atoms with van der Waals surface area (Å²) < 4.78 is 16.3. The Bertz CT molecular complexity index is 1270. The first-order valence-electron chi connectivity index (χ1n) is 10.6. The largest absolute Gasteiger partial charge is 0.306 e. The number of halogens is 1. The van der Waals surface area contributed by atoms with E-state index in [0.717, 1.165) is 41.2 Å². The van der Waals surface area contributed by atoms with Crippen molar-refractivity contribution in [1.82, 2.24) is 14.5 Å². The third kappa shape index (κ3) is 3.93. The molecule has 0 spiro atoms. The maximum Gasteiger partial charge on any atom is 0.262 e. The fourth-order valence-electron chi connectivity index (χ4n) is 4.35. The summed E-state index contributed by atoms with van der Waals surface area (Å²) >= 11 is 1.52. The van der Waals surface area contributed by atoms with Gasteiger partial charge in [-0.2, -0.15) is 0 Å². The zero-order valence-corrected chi connectivity index (χ0v) is 18.2. The van der Waals surface area contributed by atoms with Crippen LogP contribution in [0, 0.1) is 5.82 Å². The van der Waals surface area contributed by atoms with Crippen molar-refractivity contribution in [2.75, 3.05) is 20.1 Å². The van der Waals surface area contributed by atoms with Crippen molar-refractivity contribution in [2.45, 2.75) is 25.3 Å². The van der Waals surface area contributed by atoms with E-state index in [4.69, 9.17) is 4.98 Å². The minimum absolute atomic E-state index is 0.00989. The smallest absolute Gasteiger partial charge is 0.262 e. The Morgan fingerprint density at radius 1 is 1.06 bits per heavy atom. The molecule has 2 aromatic heterocycles. The SMILES string of the molecule is CN1CCC(n2c(Cc3ccccc3F)nc3sc(-c4ccccc4)cc3c2=O)CC1. The molecule has 1 aliphatic rings. The van der Waals surface area contributed by atoms with E-state index in [1.165, 1.54) is 17.4 Å². The normalized spacial score (nSPS) is 15.5. The van der Waals surface area contributed by atoms with E-state index in [1.807, 2.05) is 47.0 Å². The fraction of sp³-hybridized carbons (Fsp3) is 0.280. The fourth-order valence-corrected chi connectivity index (χ4v) is 5.39. The lowest BCUT2D eigenvalue weighted by Crippen LogP contribution is -2.37. The highest BCUT2D eigenvalue weighted by Crippen LogP contribution is 2.32. The molecule has 0 N–H and O–H groups in total. The third-order valence-electron chi connectivity index (χ3n) is 6.09. The molecule has 3 heterocycles. The summed E-state index contributed by atoms with van der Waals surface area (Å²) in [6.45, 7) is 1.88. The lowest BCUT2D eigenvalue weighted by atomic mass is 10.0. The molecule has 0 radical (unpaired) electrons. The number of likely N-dealkylation sites (tertiary alicyclic amines) is 1. The van der Waals surface area contributed by atoms with Crippen LogP contribution >= 0.6 is 11.3 Å². The molecule has 0 aliphatic carbocycles. The number of hydrogen-bond acceptors (Lipinski definition) is 4. The molecule has 0 amide bonds. The minimum atomic E-state index is -0.261. The second kappa shape index (κ2) is 8.36. The van der Waals surface area contributed by atoms with E-state index in [2.05, 4.69) is 11.9 Å². The van der Waals surface area contributed by atoms with Crippen LogP contribution in [-0.2, 0) is 6.42 Å². The minimum Gasteiger partial charge on any atom is -0.306 e. The van der Waals surface area contributed by atoms with Crippen LogP contribution in [0.25, 0.3) is 20.7 Å². The van der Waals surface area contributed by atoms with Gasteiger partial charge < -0.3 is 4.90 Å². The van der Waals surface area contributed by atoms with Gasteiger partial charge in [0.25, 0.3) is 5.56 Å². The van der Waals surface area contributed by atoms with Crippen LogP contribution in [0.1, 0.15) is 30.3 Å². The van der Waals surface area contributed by atoms with Crippen molar-refractivity contribution in [3.63, 3.8) is 0 Å². The quantitative estimate of drug-likeness (QED) is 0.448. The molecule has 4 aromatic rings. The lowest BCUT2D eigenvalue weighted by Gasteiger charge is -2.31. The molecule has 1 fully saturated rings. The average Bonchev–Trinajstić information content (AvgIpc) is 3.22. The van der Waals surface area contributed by atoms with Gasteiger partial charge in [-0.3, -0.25) is 9.36 Å². The molecule has 0 atom stereocenters. The van der Waals surface area contributed by atoms with Crippen molar-refractivity contribution in [2.24, 2.45) is 0 Å². The highest BCUT2D eigenvalue weighted by molar-refractivity contribution is 7.21. The highest BCUT2D eigenvalue weighted by atomic mass is 32.1. The molecule has 4 nitrogen and oxygen atoms in total. The molecule has 0 bridgehead atoms. The number of aromatic nitrogens is 2. The zero-order chi connectivity index (χ0) is 21.4. The molecule has 1 aliphatic heterocycles. The van der Waals surface area contributed by atoms with Gasteiger partial charge in [-0.05, 0) is 56.2 Å². The van der Waals surface area contributed by atoms with Gasteiger partial charge >= 0.3 is 0 Å². The molecule has 0 saturated carbocycles. The summed E-state index contributed by atoms with van der Waals surface area (Å²) in [6.07, 6.45) is 2.09. The van der Waals surface area contributed by atoms with E-state index in [0.29, 0.717) is 23.2 Å². The third-order valence-corrected chi connectivity index (χ3v) is 7.17. The molecule has 158 valence electrons. The maximum atomic E-state index is 14.4. The number of thiophene rings is 1. The highest BCUT2D eigenvalue weighted by Gasteiger charge is 2.24. The summed E-state index contributed by atoms with van der Waals surface area (Å²) in [7, 11) is 2.10. The molecule has 6 heteroatoms. The van der Waals surface area contributed by atoms with Gasteiger partial charge in [0.15, 0.2) is 0 Å². The standard InChI is InChI=1S/C25H24FN3OS/c1-28-13-11-19(12-14-28)29-23(15-18-9-5-6-10-21(18)26)27-24-20(25(29)30)16-22(31-24)17-7-3-2-4-8-17/h2-10,16,19H,11-15H2,1H3. The van der Waals surface area contributed by atoms with Gasteiger partial charge in [-0.15, -0.1) is 11.3 Å². The van der Waals surface area contributed by atoms with Gasteiger partial charge in [-0.25, -0.2) is 9.37 Å². The first-order valence-corrected chi connectivity index (χ1v) is 11.4. The summed E-state index contributed by atoms with van der Waals surface area (Å²) in [6, 6.07) is 18.8. The van der Waals surface area contributed by atoms with Gasteiger partial charge in [0.05, 0.1) is 5.39 Å². The second-order valence-electron chi connectivity index (χ2n) is 8.20. The Balaban J connectivity index is 1.66. The monoisotopic (exact) mass is 433 g/mol. The van der Waals surface area contributed by atoms with Crippen LogP contribution < -0.4 is 5.56 Å². The van der Waals surface area contributed by atoms with E-state index in [1.54, 1.807) is 12.1 Å². The summed E-state index contributed by atoms with van der Waals surface area (Å²) in [5, 5.41) is 0.653. The number of nitrogens with zero attached hydrogens (tertiary/aromatic N) is 3. The molecular weight excluding hydrogens is 409 g/mol. The number of fused-ring (bicyclic) bond motifs is 1. The summed E-state index contributed by atoms with van der Waals surface area (Å²) in [5.41, 5.74) is 1.63. The van der Waals surface area contributed by atoms with Crippen LogP contribution in [0.4, 0.5) is 4.39 Å². The molecule has 31 heavy (non-hydrogen) atoms. The Kier molecular flexibility index (Phi) is 5.42. The van der Waals surface area contributed by atoms with E-state index >= 15 is 0 Å². The van der Waals surface area contributed by atoms with Crippen LogP contribution in [0.2, 0.25) is 0 Å². The maximum absolute atomic E-state index is 14.4. The van der Waals surface area contributed by atoms with Gasteiger partial charge in [0.1, 0.15) is 16.5 Å². The topological polar surface area (TPSA) is 38.1 Å². The van der Waals surface area contributed by atoms with Crippen molar-refractivity contribution >= 4 is 21.6 Å². The van der Waals surface area contributed by atoms with E-state index in [9.17, 15) is 9.18 Å². The first kappa shape index (κ1) is 20.1. The zero-order valence-electron chi connectivity index (χ0n) is 17.4. The lowest BCUT2D eigenvalue weighted by molar-refractivity contribution is 0.216. The predicted molar refractivity (Wildman–Crippen MR) is 124 cm³/mol. The summed E-state index contributed by atoms with van der Waals surface area (Å²) in [4.78, 5) is 22.6. The average molecular weight is 434 g/mol. The van der Waals surface area contributed by atoms with Crippen LogP contribution in [0.5, 0.6) is 0 Å². The molecule has 0 unspecified atom stereocenters. The number of rotatable bonds is 4. The van der Waals surface area contributed by atoms with Crippen LogP contribution in [-0.4, -0.2) is 34.6 Å². The summed E-state index contributed by atoms with van der Waals surface area (Å²) in [5.74, 6) is 0.390. The first-order chi connectivity index (χ1) is 15.1. The predicted octanol–water partition coefficient (Wildman–Crippen LogP) is 5.12. The number of piperidine rings is 1. The van der Waals surface area contributed by atoms with E-state index in [-0.39, 0.29) is 17.4 Å². The molecular formula is C25H24FN3OS. The van der Waals surface area contributed by atoms with Gasteiger partial charge in [0.2, 0.25) is 0 Å². The van der Waals surface area contributed by atoms with Crippen molar-refractivity contribution < 1.29 is 4.39 Å². The van der Waals surface area contributed by atoms with Gasteiger partial charge in [-0.1, -0.05) is 48.5 Å². The Morgan fingerprint density at radius 2 is 1.77 bits per heavy atom. The van der Waals surface area contributed by atoms with Crippen molar-refractivity contribution in [3.05, 3.63) is 88.2 Å². The molecule has 2 aromatic carbocycles. The second-order valence-corrected chi connectivity index (χ2v) is 9.23. The van der Waals surface area contributed by atoms with Crippen molar-refractivity contribution in [3.8, 4) is 10.4 Å². The van der Waals surface area contributed by atoms with Crippen LogP contribution in [0.3, 0.4) is 0 Å². The number of benzene rings is 2. The Morgan fingerprint density at radius 3 is 2.52 bits per heavy atom. The Hall–Kier alpha value is -2.83.